The molecule has 0 aliphatic carbocycles. The molecule has 0 saturated carbocycles. The van der Waals surface area contributed by atoms with Crippen molar-refractivity contribution in [3.8, 4) is 0 Å². The van der Waals surface area contributed by atoms with Gasteiger partial charge in [-0.25, -0.2) is 0 Å². The van der Waals surface area contributed by atoms with Crippen LogP contribution in [0.3, 0.4) is 0 Å². The highest BCUT2D eigenvalue weighted by atomic mass is 32.2. The Morgan fingerprint density at radius 2 is 1.80 bits per heavy atom. The first-order valence-corrected chi connectivity index (χ1v) is 12.5. The highest BCUT2D eigenvalue weighted by Gasteiger charge is 2.03. The summed E-state index contributed by atoms with van der Waals surface area (Å²) in [6, 6.07) is 15.4. The standard InChI is InChI=1S/C25H34N2S.C2H6/c1-5-26-25-16-11-20(2)19-24(25)10-8-17-27-21(3)23-14-12-22(13-15-23)9-6-7-18-28-4;1-2/h7,11-16,18-19,26-27H,3,5-6,8-10,17H2,1-2,4H3;1-2H3/b18-7-;. The zero-order valence-corrected chi connectivity index (χ0v) is 20.4. The Labute approximate surface area is 189 Å². The van der Waals surface area contributed by atoms with Crippen LogP contribution in [0.15, 0.2) is 60.5 Å². The Bertz CT molecular complexity index is 763. The molecule has 0 atom stereocenters. The Kier molecular flexibility index (Phi) is 13.5. The summed E-state index contributed by atoms with van der Waals surface area (Å²) in [5, 5.41) is 9.10. The van der Waals surface area contributed by atoms with Gasteiger partial charge in [0.25, 0.3) is 0 Å². The van der Waals surface area contributed by atoms with Crippen LogP contribution in [0.5, 0.6) is 0 Å². The van der Waals surface area contributed by atoms with E-state index in [9.17, 15) is 0 Å². The van der Waals surface area contributed by atoms with E-state index in [2.05, 4.69) is 91.3 Å². The number of thioether (sulfide) groups is 1. The van der Waals surface area contributed by atoms with Gasteiger partial charge in [-0.2, -0.15) is 0 Å². The number of nitrogens with one attached hydrogen (secondary N) is 2. The van der Waals surface area contributed by atoms with Crippen LogP contribution in [0.1, 0.15) is 55.9 Å². The van der Waals surface area contributed by atoms with Crippen LogP contribution in [0.2, 0.25) is 0 Å². The number of benzene rings is 2. The second-order valence-electron chi connectivity index (χ2n) is 7.04. The van der Waals surface area contributed by atoms with Gasteiger partial charge in [-0.05, 0) is 74.0 Å². The van der Waals surface area contributed by atoms with Gasteiger partial charge in [-0.3, -0.25) is 0 Å². The van der Waals surface area contributed by atoms with Crippen molar-refractivity contribution in [2.24, 2.45) is 0 Å². The highest BCUT2D eigenvalue weighted by molar-refractivity contribution is 8.01. The quantitative estimate of drug-likeness (QED) is 0.346. The number of allylic oxidation sites excluding steroid dienone is 1. The first-order valence-electron chi connectivity index (χ1n) is 11.2. The molecule has 2 aromatic rings. The summed E-state index contributed by atoms with van der Waals surface area (Å²) < 4.78 is 0. The van der Waals surface area contributed by atoms with Gasteiger partial charge in [-0.1, -0.05) is 68.5 Å². The first-order chi connectivity index (χ1) is 14.6. The summed E-state index contributed by atoms with van der Waals surface area (Å²) in [6.45, 7) is 14.4. The SMILES string of the molecule is C=C(NCCCc1cc(C)ccc1NCC)c1ccc(CC/C=C\SC)cc1.CC. The fourth-order valence-electron chi connectivity index (χ4n) is 3.20. The van der Waals surface area contributed by atoms with E-state index in [-0.39, 0.29) is 0 Å². The first kappa shape index (κ1) is 25.9. The van der Waals surface area contributed by atoms with Gasteiger partial charge in [-0.15, -0.1) is 11.8 Å². The van der Waals surface area contributed by atoms with E-state index in [0.29, 0.717) is 0 Å². The van der Waals surface area contributed by atoms with Crippen molar-refractivity contribution in [3.05, 3.63) is 82.8 Å². The zero-order chi connectivity index (χ0) is 22.2. The van der Waals surface area contributed by atoms with E-state index in [1.54, 1.807) is 11.8 Å². The molecule has 0 heterocycles. The molecule has 2 nitrogen and oxygen atoms in total. The molecular formula is C27H40N2S. The minimum Gasteiger partial charge on any atom is -0.385 e. The van der Waals surface area contributed by atoms with Crippen LogP contribution in [-0.2, 0) is 12.8 Å². The average Bonchev–Trinajstić information content (AvgIpc) is 2.78. The summed E-state index contributed by atoms with van der Waals surface area (Å²) >= 11 is 1.75. The Hall–Kier alpha value is -2.13. The highest BCUT2D eigenvalue weighted by Crippen LogP contribution is 2.19. The van der Waals surface area contributed by atoms with Crippen molar-refractivity contribution < 1.29 is 0 Å². The van der Waals surface area contributed by atoms with Crippen LogP contribution >= 0.6 is 11.8 Å². The van der Waals surface area contributed by atoms with Crippen LogP contribution < -0.4 is 10.6 Å². The van der Waals surface area contributed by atoms with Gasteiger partial charge in [0.2, 0.25) is 0 Å². The molecule has 2 aromatic carbocycles. The third-order valence-electron chi connectivity index (χ3n) is 4.72. The summed E-state index contributed by atoms with van der Waals surface area (Å²) in [5.74, 6) is 0. The van der Waals surface area contributed by atoms with Gasteiger partial charge in [0, 0.05) is 24.5 Å². The maximum Gasteiger partial charge on any atom is 0.0372 e. The Balaban J connectivity index is 0.00000218. The third kappa shape index (κ3) is 9.58. The zero-order valence-electron chi connectivity index (χ0n) is 19.6. The fourth-order valence-corrected chi connectivity index (χ4v) is 3.53. The molecule has 2 rings (SSSR count). The molecule has 0 bridgehead atoms. The van der Waals surface area contributed by atoms with Gasteiger partial charge in [0.15, 0.2) is 0 Å². The van der Waals surface area contributed by atoms with Crippen LogP contribution in [-0.4, -0.2) is 19.3 Å². The third-order valence-corrected chi connectivity index (χ3v) is 5.19. The smallest absolute Gasteiger partial charge is 0.0372 e. The molecule has 3 heteroatoms. The lowest BCUT2D eigenvalue weighted by atomic mass is 10.0. The van der Waals surface area contributed by atoms with Crippen molar-refractivity contribution in [1.29, 1.82) is 0 Å². The van der Waals surface area contributed by atoms with E-state index >= 15 is 0 Å². The monoisotopic (exact) mass is 424 g/mol. The van der Waals surface area contributed by atoms with Gasteiger partial charge < -0.3 is 10.6 Å². The molecule has 0 fully saturated rings. The minimum absolute atomic E-state index is 0.930. The van der Waals surface area contributed by atoms with Crippen molar-refractivity contribution in [1.82, 2.24) is 5.32 Å². The molecule has 0 radical (unpaired) electrons. The van der Waals surface area contributed by atoms with Crippen LogP contribution in [0, 0.1) is 6.92 Å². The molecule has 0 aliphatic rings. The largest absolute Gasteiger partial charge is 0.385 e. The van der Waals surface area contributed by atoms with E-state index < -0.39 is 0 Å². The maximum absolute atomic E-state index is 4.21. The summed E-state index contributed by atoms with van der Waals surface area (Å²) in [5.41, 5.74) is 7.53. The van der Waals surface area contributed by atoms with Crippen molar-refractivity contribution >= 4 is 23.1 Å². The molecular weight excluding hydrogens is 384 g/mol. The van der Waals surface area contributed by atoms with E-state index in [1.165, 1.54) is 27.9 Å². The second kappa shape index (κ2) is 15.7. The molecule has 0 unspecified atom stereocenters. The summed E-state index contributed by atoms with van der Waals surface area (Å²) in [7, 11) is 0. The van der Waals surface area contributed by atoms with E-state index in [4.69, 9.17) is 0 Å². The van der Waals surface area contributed by atoms with Crippen molar-refractivity contribution in [3.63, 3.8) is 0 Å². The number of rotatable bonds is 12. The fraction of sp³-hybridized carbons (Fsp3) is 0.407. The van der Waals surface area contributed by atoms with Gasteiger partial charge in [0.05, 0.1) is 0 Å². The molecule has 0 amide bonds. The Morgan fingerprint density at radius 1 is 1.07 bits per heavy atom. The number of anilines is 1. The Morgan fingerprint density at radius 3 is 2.47 bits per heavy atom. The lowest BCUT2D eigenvalue weighted by Crippen LogP contribution is -2.14. The topological polar surface area (TPSA) is 24.1 Å². The molecule has 30 heavy (non-hydrogen) atoms. The molecule has 164 valence electrons. The van der Waals surface area contributed by atoms with Crippen LogP contribution in [0.4, 0.5) is 5.69 Å². The number of hydrogen-bond acceptors (Lipinski definition) is 3. The van der Waals surface area contributed by atoms with E-state index in [0.717, 1.165) is 44.5 Å². The van der Waals surface area contributed by atoms with Gasteiger partial charge in [0.1, 0.15) is 0 Å². The van der Waals surface area contributed by atoms with Crippen LogP contribution in [0.25, 0.3) is 5.70 Å². The predicted molar refractivity (Wildman–Crippen MR) is 139 cm³/mol. The number of hydrogen-bond donors (Lipinski definition) is 2. The normalized spacial score (nSPS) is 10.4. The lowest BCUT2D eigenvalue weighted by Gasteiger charge is -2.13. The molecule has 0 aromatic heterocycles. The summed E-state index contributed by atoms with van der Waals surface area (Å²) in [6.07, 6.45) is 8.64. The van der Waals surface area contributed by atoms with Crippen molar-refractivity contribution in [2.45, 2.75) is 53.4 Å². The van der Waals surface area contributed by atoms with Crippen molar-refractivity contribution in [2.75, 3.05) is 24.7 Å². The predicted octanol–water partition coefficient (Wildman–Crippen LogP) is 7.46. The second-order valence-corrected chi connectivity index (χ2v) is 7.79. The number of aryl methyl sites for hydroxylation is 3. The minimum atomic E-state index is 0.930. The summed E-state index contributed by atoms with van der Waals surface area (Å²) in [4.78, 5) is 0. The van der Waals surface area contributed by atoms with Gasteiger partial charge >= 0.3 is 0 Å². The maximum atomic E-state index is 4.21. The molecule has 0 aliphatic heterocycles. The van der Waals surface area contributed by atoms with E-state index in [1.807, 2.05) is 13.8 Å². The molecule has 2 N–H and O–H groups in total. The molecule has 0 saturated heterocycles. The average molecular weight is 425 g/mol. The lowest BCUT2D eigenvalue weighted by molar-refractivity contribution is 0.763. The molecule has 0 spiro atoms.